The van der Waals surface area contributed by atoms with Crippen molar-refractivity contribution in [3.8, 4) is 0 Å². The molecule has 1 saturated heterocycles. The van der Waals surface area contributed by atoms with Gasteiger partial charge in [0.1, 0.15) is 0 Å². The minimum atomic E-state index is 0.0105. The first kappa shape index (κ1) is 17.2. The fourth-order valence-corrected chi connectivity index (χ4v) is 2.83. The Morgan fingerprint density at radius 3 is 2.48 bits per heavy atom. The molecule has 25 heavy (non-hydrogen) atoms. The molecule has 1 fully saturated rings. The number of carbonyl (C=O) groups is 1. The molecule has 3 rings (SSSR count). The summed E-state index contributed by atoms with van der Waals surface area (Å²) in [6.07, 6.45) is 7.81. The van der Waals surface area contributed by atoms with E-state index in [0.717, 1.165) is 38.3 Å². The van der Waals surface area contributed by atoms with E-state index in [1.54, 1.807) is 12.4 Å². The number of hydrogen-bond donors (Lipinski definition) is 1. The van der Waals surface area contributed by atoms with Gasteiger partial charge in [-0.25, -0.2) is 4.79 Å². The number of piperazine rings is 1. The lowest BCUT2D eigenvalue weighted by molar-refractivity contribution is 0.146. The molecule has 5 heteroatoms. The second-order valence-electron chi connectivity index (χ2n) is 6.11. The zero-order valence-electron chi connectivity index (χ0n) is 14.3. The average molecular weight is 336 g/mol. The molecular weight excluding hydrogens is 312 g/mol. The predicted octanol–water partition coefficient (Wildman–Crippen LogP) is 2.62. The highest BCUT2D eigenvalue weighted by molar-refractivity contribution is 5.74. The van der Waals surface area contributed by atoms with Crippen LogP contribution in [0, 0.1) is 0 Å². The largest absolute Gasteiger partial charge is 0.334 e. The van der Waals surface area contributed by atoms with Crippen molar-refractivity contribution in [1.82, 2.24) is 20.1 Å². The Morgan fingerprint density at radius 2 is 1.76 bits per heavy atom. The highest BCUT2D eigenvalue weighted by atomic mass is 16.2. The maximum Gasteiger partial charge on any atom is 0.317 e. The Balaban J connectivity index is 1.38. The summed E-state index contributed by atoms with van der Waals surface area (Å²) in [4.78, 5) is 20.5. The van der Waals surface area contributed by atoms with Crippen molar-refractivity contribution >= 4 is 12.1 Å². The quantitative estimate of drug-likeness (QED) is 0.913. The zero-order valence-corrected chi connectivity index (χ0v) is 14.3. The maximum atomic E-state index is 12.2. The zero-order chi connectivity index (χ0) is 17.3. The van der Waals surface area contributed by atoms with Crippen molar-refractivity contribution in [3.63, 3.8) is 0 Å². The number of aromatic nitrogens is 1. The van der Waals surface area contributed by atoms with Crippen LogP contribution in [-0.2, 0) is 6.54 Å². The summed E-state index contributed by atoms with van der Waals surface area (Å²) < 4.78 is 0. The van der Waals surface area contributed by atoms with Gasteiger partial charge in [-0.2, -0.15) is 0 Å². The van der Waals surface area contributed by atoms with Crippen LogP contribution >= 0.6 is 0 Å². The van der Waals surface area contributed by atoms with Crippen LogP contribution in [0.3, 0.4) is 0 Å². The summed E-state index contributed by atoms with van der Waals surface area (Å²) in [7, 11) is 0. The fourth-order valence-electron chi connectivity index (χ4n) is 2.83. The van der Waals surface area contributed by atoms with Gasteiger partial charge in [-0.05, 0) is 23.3 Å². The Labute approximate surface area is 149 Å². The summed E-state index contributed by atoms with van der Waals surface area (Å²) in [5.41, 5.74) is 2.28. The van der Waals surface area contributed by atoms with Crippen molar-refractivity contribution in [2.45, 2.75) is 6.54 Å². The van der Waals surface area contributed by atoms with Crippen molar-refractivity contribution in [1.29, 1.82) is 0 Å². The Kier molecular flexibility index (Phi) is 6.17. The van der Waals surface area contributed by atoms with Gasteiger partial charge in [0.15, 0.2) is 0 Å². The molecule has 0 aliphatic carbocycles. The van der Waals surface area contributed by atoms with Crippen LogP contribution in [0.2, 0.25) is 0 Å². The van der Waals surface area contributed by atoms with E-state index in [4.69, 9.17) is 0 Å². The number of benzene rings is 1. The molecular formula is C20H24N4O. The van der Waals surface area contributed by atoms with E-state index in [9.17, 15) is 4.79 Å². The summed E-state index contributed by atoms with van der Waals surface area (Å²) in [5.74, 6) is 0. The first-order valence-electron chi connectivity index (χ1n) is 8.67. The Hall–Kier alpha value is -2.66. The van der Waals surface area contributed by atoms with Gasteiger partial charge >= 0.3 is 6.03 Å². The maximum absolute atomic E-state index is 12.2. The van der Waals surface area contributed by atoms with Gasteiger partial charge in [0, 0.05) is 51.7 Å². The monoisotopic (exact) mass is 336 g/mol. The van der Waals surface area contributed by atoms with Crippen molar-refractivity contribution in [2.24, 2.45) is 0 Å². The topological polar surface area (TPSA) is 48.5 Å². The number of pyridine rings is 1. The smallest absolute Gasteiger partial charge is 0.317 e. The van der Waals surface area contributed by atoms with Crippen molar-refractivity contribution < 1.29 is 4.79 Å². The Bertz CT molecular complexity index is 679. The molecule has 0 bridgehead atoms. The van der Waals surface area contributed by atoms with E-state index < -0.39 is 0 Å². The molecule has 0 spiro atoms. The standard InChI is InChI=1S/C20H24N4O/c25-20(22-17-19-8-10-21-11-9-19)24-15-13-23(14-16-24)12-4-7-18-5-2-1-3-6-18/h1-11H,12-17H2,(H,22,25)/b7-4+. The van der Waals surface area contributed by atoms with Crippen molar-refractivity contribution in [3.05, 3.63) is 72.1 Å². The molecule has 130 valence electrons. The first-order valence-corrected chi connectivity index (χ1v) is 8.67. The molecule has 0 saturated carbocycles. The number of urea groups is 1. The third-order valence-electron chi connectivity index (χ3n) is 4.33. The predicted molar refractivity (Wildman–Crippen MR) is 100.0 cm³/mol. The lowest BCUT2D eigenvalue weighted by Gasteiger charge is -2.34. The second kappa shape index (κ2) is 8.99. The third-order valence-corrected chi connectivity index (χ3v) is 4.33. The van der Waals surface area contributed by atoms with Crippen molar-refractivity contribution in [2.75, 3.05) is 32.7 Å². The van der Waals surface area contributed by atoms with Gasteiger partial charge in [-0.1, -0.05) is 42.5 Å². The first-order chi connectivity index (χ1) is 12.3. The number of carbonyl (C=O) groups excluding carboxylic acids is 1. The highest BCUT2D eigenvalue weighted by Crippen LogP contribution is 2.05. The van der Waals surface area contributed by atoms with Gasteiger partial charge in [0.25, 0.3) is 0 Å². The molecule has 1 aliphatic rings. The molecule has 0 radical (unpaired) electrons. The van der Waals surface area contributed by atoms with E-state index in [-0.39, 0.29) is 6.03 Å². The summed E-state index contributed by atoms with van der Waals surface area (Å²) in [6.45, 7) is 4.80. The lowest BCUT2D eigenvalue weighted by atomic mass is 10.2. The molecule has 5 nitrogen and oxygen atoms in total. The summed E-state index contributed by atoms with van der Waals surface area (Å²) in [6, 6.07) is 14.1. The van der Waals surface area contributed by atoms with Gasteiger partial charge in [0.05, 0.1) is 0 Å². The number of hydrogen-bond acceptors (Lipinski definition) is 3. The van der Waals surface area contributed by atoms with E-state index in [1.807, 2.05) is 35.2 Å². The van der Waals surface area contributed by atoms with E-state index >= 15 is 0 Å². The molecule has 2 heterocycles. The number of amides is 2. The molecule has 0 unspecified atom stereocenters. The summed E-state index contributed by atoms with van der Waals surface area (Å²) in [5, 5.41) is 2.97. The van der Waals surface area contributed by atoms with Gasteiger partial charge in [-0.15, -0.1) is 0 Å². The second-order valence-corrected chi connectivity index (χ2v) is 6.11. The van der Waals surface area contributed by atoms with Crippen LogP contribution in [0.15, 0.2) is 60.9 Å². The van der Waals surface area contributed by atoms with Crippen LogP contribution in [-0.4, -0.2) is 53.5 Å². The molecule has 1 aromatic carbocycles. The van der Waals surface area contributed by atoms with Crippen LogP contribution in [0.4, 0.5) is 4.79 Å². The summed E-state index contributed by atoms with van der Waals surface area (Å²) >= 11 is 0. The van der Waals surface area contributed by atoms with E-state index in [0.29, 0.717) is 6.54 Å². The van der Waals surface area contributed by atoms with Crippen LogP contribution in [0.5, 0.6) is 0 Å². The molecule has 1 aromatic heterocycles. The SMILES string of the molecule is O=C(NCc1ccncc1)N1CCN(C/C=C/c2ccccc2)CC1. The minimum absolute atomic E-state index is 0.0105. The van der Waals surface area contributed by atoms with Gasteiger partial charge in [0.2, 0.25) is 0 Å². The number of rotatable bonds is 5. The number of nitrogens with one attached hydrogen (secondary N) is 1. The molecule has 2 aromatic rings. The molecule has 0 atom stereocenters. The Morgan fingerprint density at radius 1 is 1.04 bits per heavy atom. The van der Waals surface area contributed by atoms with E-state index in [1.165, 1.54) is 5.56 Å². The number of nitrogens with zero attached hydrogens (tertiary/aromatic N) is 3. The lowest BCUT2D eigenvalue weighted by Crippen LogP contribution is -2.51. The van der Waals surface area contributed by atoms with Crippen LogP contribution in [0.1, 0.15) is 11.1 Å². The fraction of sp³-hybridized carbons (Fsp3) is 0.300. The van der Waals surface area contributed by atoms with Crippen LogP contribution in [0.25, 0.3) is 6.08 Å². The normalized spacial score (nSPS) is 15.4. The van der Waals surface area contributed by atoms with Crippen LogP contribution < -0.4 is 5.32 Å². The average Bonchev–Trinajstić information content (AvgIpc) is 2.68. The third kappa shape index (κ3) is 5.43. The minimum Gasteiger partial charge on any atom is -0.334 e. The molecule has 2 amide bonds. The van der Waals surface area contributed by atoms with Gasteiger partial charge in [-0.3, -0.25) is 9.88 Å². The van der Waals surface area contributed by atoms with Gasteiger partial charge < -0.3 is 10.2 Å². The molecule has 1 N–H and O–H groups in total. The highest BCUT2D eigenvalue weighted by Gasteiger charge is 2.19. The van der Waals surface area contributed by atoms with E-state index in [2.05, 4.69) is 39.5 Å². The molecule has 1 aliphatic heterocycles.